The molecular formula is C63H45N5. The molecule has 68 heavy (non-hydrogen) atoms. The second-order valence-electron chi connectivity index (χ2n) is 16.9. The number of pyridine rings is 1. The third-order valence-electron chi connectivity index (χ3n) is 12.4. The van der Waals surface area contributed by atoms with Crippen molar-refractivity contribution in [3.8, 4) is 112 Å². The van der Waals surface area contributed by atoms with Gasteiger partial charge in [0.15, 0.2) is 11.6 Å². The average Bonchev–Trinajstić information content (AvgIpc) is 3.41. The molecule has 5 heteroatoms. The van der Waals surface area contributed by atoms with Gasteiger partial charge in [-0.15, -0.1) is 0 Å². The van der Waals surface area contributed by atoms with Crippen molar-refractivity contribution in [3.63, 3.8) is 0 Å². The van der Waals surface area contributed by atoms with Gasteiger partial charge in [-0.3, -0.25) is 4.98 Å². The molecule has 5 nitrogen and oxygen atoms in total. The monoisotopic (exact) mass is 871 g/mol. The highest BCUT2D eigenvalue weighted by molar-refractivity contribution is 5.94. The van der Waals surface area contributed by atoms with Crippen LogP contribution in [0.4, 0.5) is 0 Å². The maximum Gasteiger partial charge on any atom is 0.160 e. The van der Waals surface area contributed by atoms with E-state index < -0.39 is 0 Å². The molecule has 0 saturated carbocycles. The van der Waals surface area contributed by atoms with E-state index in [2.05, 4.69) is 195 Å². The number of aromatic nitrogens is 5. The Bertz CT molecular complexity index is 3510. The average molecular weight is 872 g/mol. The molecule has 8 aromatic carbocycles. The largest absolute Gasteiger partial charge is 0.258 e. The molecule has 0 unspecified atom stereocenters. The zero-order valence-electron chi connectivity index (χ0n) is 37.8. The summed E-state index contributed by atoms with van der Waals surface area (Å²) in [6, 6.07) is 82.4. The minimum Gasteiger partial charge on any atom is -0.258 e. The normalized spacial score (nSPS) is 11.1. The van der Waals surface area contributed by atoms with Crippen LogP contribution in [-0.2, 0) is 0 Å². The van der Waals surface area contributed by atoms with Gasteiger partial charge in [0.1, 0.15) is 0 Å². The van der Waals surface area contributed by atoms with Gasteiger partial charge in [0.05, 0.1) is 22.8 Å². The van der Waals surface area contributed by atoms with Gasteiger partial charge in [0, 0.05) is 50.3 Å². The van der Waals surface area contributed by atoms with Crippen molar-refractivity contribution in [2.24, 2.45) is 0 Å². The smallest absolute Gasteiger partial charge is 0.160 e. The summed E-state index contributed by atoms with van der Waals surface area (Å²) in [6.07, 6.45) is 0. The highest BCUT2D eigenvalue weighted by atomic mass is 14.9. The summed E-state index contributed by atoms with van der Waals surface area (Å²) in [6.45, 7) is 4.13. The number of rotatable bonds is 10. The Morgan fingerprint density at radius 3 is 1.19 bits per heavy atom. The summed E-state index contributed by atoms with van der Waals surface area (Å²) in [5, 5.41) is 0. The van der Waals surface area contributed by atoms with Crippen molar-refractivity contribution in [2.75, 3.05) is 0 Å². The molecular weight excluding hydrogens is 827 g/mol. The molecule has 0 saturated heterocycles. The first-order valence-electron chi connectivity index (χ1n) is 22.9. The lowest BCUT2D eigenvalue weighted by molar-refractivity contribution is 1.13. The van der Waals surface area contributed by atoms with Crippen LogP contribution >= 0.6 is 0 Å². The maximum atomic E-state index is 5.29. The molecule has 0 aliphatic heterocycles. The maximum absolute atomic E-state index is 5.29. The zero-order chi connectivity index (χ0) is 45.8. The number of hydrogen-bond donors (Lipinski definition) is 0. The van der Waals surface area contributed by atoms with E-state index in [1.807, 2.05) is 55.5 Å². The van der Waals surface area contributed by atoms with Gasteiger partial charge in [-0.1, -0.05) is 200 Å². The van der Waals surface area contributed by atoms with Crippen molar-refractivity contribution < 1.29 is 0 Å². The number of aryl methyl sites for hydroxylation is 2. The fourth-order valence-corrected chi connectivity index (χ4v) is 8.96. The molecule has 0 spiro atoms. The first-order chi connectivity index (χ1) is 33.5. The lowest BCUT2D eigenvalue weighted by atomic mass is 9.87. The molecule has 3 aromatic heterocycles. The van der Waals surface area contributed by atoms with Crippen molar-refractivity contribution in [2.45, 2.75) is 13.8 Å². The van der Waals surface area contributed by atoms with E-state index in [4.69, 9.17) is 24.9 Å². The van der Waals surface area contributed by atoms with E-state index in [9.17, 15) is 0 Å². The summed E-state index contributed by atoms with van der Waals surface area (Å²) in [5.41, 5.74) is 20.1. The predicted molar refractivity (Wildman–Crippen MR) is 279 cm³/mol. The minimum atomic E-state index is 0.674. The van der Waals surface area contributed by atoms with Gasteiger partial charge in [-0.25, -0.2) is 19.9 Å². The molecule has 0 atom stereocenters. The molecule has 0 amide bonds. The Labute approximate surface area is 397 Å². The van der Waals surface area contributed by atoms with E-state index >= 15 is 0 Å². The fraction of sp³-hybridized carbons (Fsp3) is 0.0317. The van der Waals surface area contributed by atoms with Crippen molar-refractivity contribution >= 4 is 0 Å². The van der Waals surface area contributed by atoms with E-state index in [0.717, 1.165) is 112 Å². The van der Waals surface area contributed by atoms with Crippen LogP contribution in [0.5, 0.6) is 0 Å². The van der Waals surface area contributed by atoms with Crippen LogP contribution in [0.1, 0.15) is 11.4 Å². The molecule has 0 fully saturated rings. The third-order valence-corrected chi connectivity index (χ3v) is 12.4. The van der Waals surface area contributed by atoms with Gasteiger partial charge in [0.25, 0.3) is 0 Å². The molecule has 0 aliphatic rings. The van der Waals surface area contributed by atoms with Crippen molar-refractivity contribution in [3.05, 3.63) is 248 Å². The van der Waals surface area contributed by atoms with Crippen molar-refractivity contribution in [1.29, 1.82) is 0 Å². The Morgan fingerprint density at radius 2 is 0.618 bits per heavy atom. The number of hydrogen-bond acceptors (Lipinski definition) is 5. The van der Waals surface area contributed by atoms with Gasteiger partial charge in [0.2, 0.25) is 0 Å². The first-order valence-corrected chi connectivity index (χ1v) is 22.9. The molecule has 11 aromatic rings. The van der Waals surface area contributed by atoms with Crippen LogP contribution in [0.3, 0.4) is 0 Å². The van der Waals surface area contributed by atoms with Crippen LogP contribution in [0, 0.1) is 13.8 Å². The first kappa shape index (κ1) is 41.8. The molecule has 0 radical (unpaired) electrons. The van der Waals surface area contributed by atoms with Gasteiger partial charge < -0.3 is 0 Å². The minimum absolute atomic E-state index is 0.674. The second-order valence-corrected chi connectivity index (χ2v) is 16.9. The van der Waals surface area contributed by atoms with Crippen LogP contribution in [-0.4, -0.2) is 24.9 Å². The molecule has 11 rings (SSSR count). The van der Waals surface area contributed by atoms with Crippen LogP contribution in [0.2, 0.25) is 0 Å². The molecule has 3 heterocycles. The number of nitrogens with zero attached hydrogens (tertiary/aromatic N) is 5. The topological polar surface area (TPSA) is 64.5 Å². The highest BCUT2D eigenvalue weighted by Crippen LogP contribution is 2.42. The van der Waals surface area contributed by atoms with Gasteiger partial charge in [-0.2, -0.15) is 0 Å². The van der Waals surface area contributed by atoms with Crippen LogP contribution < -0.4 is 0 Å². The van der Waals surface area contributed by atoms with E-state index in [0.29, 0.717) is 11.6 Å². The Morgan fingerprint density at radius 1 is 0.221 bits per heavy atom. The summed E-state index contributed by atoms with van der Waals surface area (Å²) >= 11 is 0. The predicted octanol–water partition coefficient (Wildman–Crippen LogP) is 15.9. The highest BCUT2D eigenvalue weighted by Gasteiger charge is 2.19. The molecule has 322 valence electrons. The SMILES string of the molecule is Cc1ccc(-c2ccc(-c3cccc(-c4cc(-c5cccc(-c6ccccc6)c5)nc(-c5ccccc5)n4)c3)cc2-c2ccccc2-c2cc(-c3ccccc3)nc(-c3ccccc3)n2)c(C)n1. The van der Waals surface area contributed by atoms with E-state index in [1.54, 1.807) is 0 Å². The summed E-state index contributed by atoms with van der Waals surface area (Å²) in [5.74, 6) is 1.35. The van der Waals surface area contributed by atoms with E-state index in [-0.39, 0.29) is 0 Å². The van der Waals surface area contributed by atoms with Crippen LogP contribution in [0.25, 0.3) is 112 Å². The molecule has 0 bridgehead atoms. The number of benzene rings is 8. The van der Waals surface area contributed by atoms with E-state index in [1.165, 1.54) is 0 Å². The fourth-order valence-electron chi connectivity index (χ4n) is 8.96. The Kier molecular flexibility index (Phi) is 11.4. The summed E-state index contributed by atoms with van der Waals surface area (Å²) in [7, 11) is 0. The van der Waals surface area contributed by atoms with Gasteiger partial charge >= 0.3 is 0 Å². The lowest BCUT2D eigenvalue weighted by Crippen LogP contribution is -1.98. The lowest BCUT2D eigenvalue weighted by Gasteiger charge is -2.18. The standard InChI is InChI=1S/C63H45N5/c1-42-33-35-53(43(2)64-42)55-36-34-50(39-57(55)54-31-15-16-32-56(54)61-41-58(45-21-9-4-10-22-45)65-63(68-61)47-25-13-6-14-26-47)49-28-18-30-52(38-49)60-40-59(66-62(67-60)46-23-11-5-12-24-46)51-29-17-27-48(37-51)44-19-7-3-8-20-44/h3-41H,1-2H3. The van der Waals surface area contributed by atoms with Gasteiger partial charge in [-0.05, 0) is 89.2 Å². The Hall–Kier alpha value is -8.93. The molecule has 0 N–H and O–H groups in total. The Balaban J connectivity index is 1.06. The quantitative estimate of drug-likeness (QED) is 0.137. The summed E-state index contributed by atoms with van der Waals surface area (Å²) < 4.78 is 0. The molecule has 0 aliphatic carbocycles. The summed E-state index contributed by atoms with van der Waals surface area (Å²) in [4.78, 5) is 25.7. The zero-order valence-corrected chi connectivity index (χ0v) is 37.8. The third kappa shape index (κ3) is 8.64. The second kappa shape index (κ2) is 18.5. The van der Waals surface area contributed by atoms with Crippen molar-refractivity contribution in [1.82, 2.24) is 24.9 Å². The van der Waals surface area contributed by atoms with Crippen LogP contribution in [0.15, 0.2) is 237 Å².